The SMILES string of the molecule is O=C(CN1CCN(C[C@@H](O)COc2ccc3oc(-c4ccccc4)nc3c2)CC1)Nc1ccc(F)c2c1CCCC2. The summed E-state index contributed by atoms with van der Waals surface area (Å²) in [4.78, 5) is 21.6. The lowest BCUT2D eigenvalue weighted by molar-refractivity contribution is -0.117. The van der Waals surface area contributed by atoms with Gasteiger partial charge in [-0.05, 0) is 73.2 Å². The van der Waals surface area contributed by atoms with Crippen LogP contribution in [0.15, 0.2) is 65.1 Å². The number of aliphatic hydroxyl groups excluding tert-OH is 1. The smallest absolute Gasteiger partial charge is 0.238 e. The molecule has 1 amide bonds. The highest BCUT2D eigenvalue weighted by atomic mass is 19.1. The van der Waals surface area contributed by atoms with E-state index in [1.807, 2.05) is 48.5 Å². The number of benzene rings is 3. The summed E-state index contributed by atoms with van der Waals surface area (Å²) in [6.45, 7) is 3.92. The number of aliphatic hydroxyl groups is 1. The Morgan fingerprint density at radius 3 is 2.56 bits per heavy atom. The standard InChI is InChI=1S/C32H35FN4O4/c33-27-11-12-28(26-9-5-4-8-25(26)27)34-31(39)20-37-16-14-36(15-17-37)19-23(38)21-40-24-10-13-30-29(18-24)35-32(41-30)22-6-2-1-3-7-22/h1-3,6-7,10-13,18,23,38H,4-5,8-9,14-17,19-21H2,(H,34,39)/t23-/m1/s1. The lowest BCUT2D eigenvalue weighted by atomic mass is 9.90. The summed E-state index contributed by atoms with van der Waals surface area (Å²) in [6.07, 6.45) is 2.89. The Morgan fingerprint density at radius 2 is 1.76 bits per heavy atom. The Labute approximate surface area is 238 Å². The van der Waals surface area contributed by atoms with E-state index < -0.39 is 6.10 Å². The molecule has 1 aliphatic carbocycles. The number of hydrogen-bond acceptors (Lipinski definition) is 7. The van der Waals surface area contributed by atoms with Crippen molar-refractivity contribution in [3.05, 3.63) is 77.6 Å². The molecule has 9 heteroatoms. The van der Waals surface area contributed by atoms with Crippen LogP contribution in [0.5, 0.6) is 5.75 Å². The van der Waals surface area contributed by atoms with E-state index >= 15 is 0 Å². The van der Waals surface area contributed by atoms with E-state index in [-0.39, 0.29) is 18.3 Å². The molecule has 1 aromatic heterocycles. The number of anilines is 1. The number of piperazine rings is 1. The summed E-state index contributed by atoms with van der Waals surface area (Å²) in [7, 11) is 0. The maximum atomic E-state index is 14.2. The Kier molecular flexibility index (Phi) is 8.27. The minimum absolute atomic E-state index is 0.0776. The molecule has 1 atom stereocenters. The van der Waals surface area contributed by atoms with E-state index in [2.05, 4.69) is 20.1 Å². The highest BCUT2D eigenvalue weighted by molar-refractivity contribution is 5.93. The number of carbonyl (C=O) groups excluding carboxylic acids is 1. The second kappa shape index (κ2) is 12.4. The van der Waals surface area contributed by atoms with Crippen molar-refractivity contribution >= 4 is 22.7 Å². The number of β-amino-alcohol motifs (C(OH)–C–C–N with tert-alkyl or cyclic N) is 1. The maximum absolute atomic E-state index is 14.2. The molecule has 2 aliphatic rings. The molecule has 0 saturated carbocycles. The molecule has 41 heavy (non-hydrogen) atoms. The number of aromatic nitrogens is 1. The number of ether oxygens (including phenoxy) is 1. The molecule has 0 bridgehead atoms. The van der Waals surface area contributed by atoms with E-state index in [4.69, 9.17) is 9.15 Å². The number of fused-ring (bicyclic) bond motifs is 2. The predicted octanol–water partition coefficient (Wildman–Crippen LogP) is 4.51. The van der Waals surface area contributed by atoms with Gasteiger partial charge in [-0.3, -0.25) is 14.6 Å². The van der Waals surface area contributed by atoms with Gasteiger partial charge in [-0.2, -0.15) is 0 Å². The minimum Gasteiger partial charge on any atom is -0.491 e. The van der Waals surface area contributed by atoms with Crippen LogP contribution in [0.4, 0.5) is 10.1 Å². The summed E-state index contributed by atoms with van der Waals surface area (Å²) in [5.41, 5.74) is 4.74. The average Bonchev–Trinajstić information content (AvgIpc) is 3.43. The van der Waals surface area contributed by atoms with Gasteiger partial charge in [0.15, 0.2) is 5.58 Å². The zero-order valence-electron chi connectivity index (χ0n) is 23.0. The third kappa shape index (κ3) is 6.59. The number of amides is 1. The molecule has 0 unspecified atom stereocenters. The van der Waals surface area contributed by atoms with Crippen molar-refractivity contribution in [1.29, 1.82) is 0 Å². The van der Waals surface area contributed by atoms with Crippen LogP contribution < -0.4 is 10.1 Å². The molecule has 1 saturated heterocycles. The normalized spacial score (nSPS) is 16.8. The molecule has 2 heterocycles. The molecule has 2 N–H and O–H groups in total. The Morgan fingerprint density at radius 1 is 1.00 bits per heavy atom. The zero-order valence-corrected chi connectivity index (χ0v) is 23.0. The number of rotatable bonds is 9. The van der Waals surface area contributed by atoms with Crippen LogP contribution in [0.3, 0.4) is 0 Å². The largest absolute Gasteiger partial charge is 0.491 e. The quantitative estimate of drug-likeness (QED) is 0.312. The van der Waals surface area contributed by atoms with Gasteiger partial charge in [0.25, 0.3) is 0 Å². The number of carbonyl (C=O) groups is 1. The van der Waals surface area contributed by atoms with Crippen molar-refractivity contribution in [2.24, 2.45) is 0 Å². The molecule has 0 spiro atoms. The van der Waals surface area contributed by atoms with Crippen LogP contribution in [0.25, 0.3) is 22.6 Å². The van der Waals surface area contributed by atoms with Crippen LogP contribution in [-0.2, 0) is 17.6 Å². The molecule has 4 aromatic rings. The summed E-state index contributed by atoms with van der Waals surface area (Å²) in [5.74, 6) is 0.938. The monoisotopic (exact) mass is 558 g/mol. The van der Waals surface area contributed by atoms with Crippen molar-refractivity contribution < 1.29 is 23.4 Å². The number of hydrogen-bond donors (Lipinski definition) is 2. The van der Waals surface area contributed by atoms with Gasteiger partial charge >= 0.3 is 0 Å². The maximum Gasteiger partial charge on any atom is 0.238 e. The molecule has 1 fully saturated rings. The van der Waals surface area contributed by atoms with Gasteiger partial charge in [-0.25, -0.2) is 9.37 Å². The molecule has 8 nitrogen and oxygen atoms in total. The third-order valence-electron chi connectivity index (χ3n) is 7.87. The number of nitrogens with one attached hydrogen (secondary N) is 1. The predicted molar refractivity (Wildman–Crippen MR) is 155 cm³/mol. The Balaban J connectivity index is 0.943. The first-order chi connectivity index (χ1) is 20.0. The van der Waals surface area contributed by atoms with E-state index in [0.29, 0.717) is 35.8 Å². The molecule has 6 rings (SSSR count). The van der Waals surface area contributed by atoms with Crippen molar-refractivity contribution in [1.82, 2.24) is 14.8 Å². The van der Waals surface area contributed by atoms with Crippen molar-refractivity contribution in [3.8, 4) is 17.2 Å². The summed E-state index contributed by atoms with van der Waals surface area (Å²) < 4.78 is 25.9. The number of halogens is 1. The van der Waals surface area contributed by atoms with Crippen LogP contribution in [0.1, 0.15) is 24.0 Å². The molecule has 214 valence electrons. The second-order valence-electron chi connectivity index (χ2n) is 10.9. The van der Waals surface area contributed by atoms with Gasteiger partial charge in [0, 0.05) is 50.0 Å². The van der Waals surface area contributed by atoms with Crippen LogP contribution >= 0.6 is 0 Å². The van der Waals surface area contributed by atoms with Crippen LogP contribution in [0.2, 0.25) is 0 Å². The first-order valence-corrected chi connectivity index (χ1v) is 14.3. The van der Waals surface area contributed by atoms with E-state index in [1.54, 1.807) is 6.07 Å². The minimum atomic E-state index is -0.651. The van der Waals surface area contributed by atoms with Gasteiger partial charge in [0.2, 0.25) is 11.8 Å². The van der Waals surface area contributed by atoms with Gasteiger partial charge < -0.3 is 19.6 Å². The molecule has 1 aliphatic heterocycles. The van der Waals surface area contributed by atoms with E-state index in [0.717, 1.165) is 74.2 Å². The summed E-state index contributed by atoms with van der Waals surface area (Å²) in [5, 5.41) is 13.6. The topological polar surface area (TPSA) is 91.1 Å². The first kappa shape index (κ1) is 27.4. The van der Waals surface area contributed by atoms with Gasteiger partial charge in [0.1, 0.15) is 29.8 Å². The first-order valence-electron chi connectivity index (χ1n) is 14.3. The second-order valence-corrected chi connectivity index (χ2v) is 10.9. The zero-order chi connectivity index (χ0) is 28.2. The van der Waals surface area contributed by atoms with E-state index in [9.17, 15) is 14.3 Å². The highest BCUT2D eigenvalue weighted by Crippen LogP contribution is 2.30. The van der Waals surface area contributed by atoms with Gasteiger partial charge in [-0.15, -0.1) is 0 Å². The van der Waals surface area contributed by atoms with Gasteiger partial charge in [0.05, 0.1) is 6.54 Å². The molecule has 3 aromatic carbocycles. The molecular weight excluding hydrogens is 523 g/mol. The summed E-state index contributed by atoms with van der Waals surface area (Å²) >= 11 is 0. The van der Waals surface area contributed by atoms with Crippen molar-refractivity contribution in [2.75, 3.05) is 51.2 Å². The Bertz CT molecular complexity index is 1500. The van der Waals surface area contributed by atoms with Crippen LogP contribution in [-0.4, -0.2) is 77.8 Å². The third-order valence-corrected chi connectivity index (χ3v) is 7.87. The van der Waals surface area contributed by atoms with Crippen LogP contribution in [0, 0.1) is 5.82 Å². The molecular formula is C32H35FN4O4. The average molecular weight is 559 g/mol. The number of nitrogens with zero attached hydrogens (tertiary/aromatic N) is 3. The number of oxazole rings is 1. The van der Waals surface area contributed by atoms with Gasteiger partial charge in [-0.1, -0.05) is 18.2 Å². The highest BCUT2D eigenvalue weighted by Gasteiger charge is 2.23. The fourth-order valence-electron chi connectivity index (χ4n) is 5.71. The van der Waals surface area contributed by atoms with Crippen molar-refractivity contribution in [3.63, 3.8) is 0 Å². The summed E-state index contributed by atoms with van der Waals surface area (Å²) in [6, 6.07) is 18.4. The lowest BCUT2D eigenvalue weighted by Crippen LogP contribution is -2.50. The Hall–Kier alpha value is -3.79. The van der Waals surface area contributed by atoms with E-state index in [1.165, 1.54) is 6.07 Å². The molecule has 0 radical (unpaired) electrons. The van der Waals surface area contributed by atoms with Crippen molar-refractivity contribution in [2.45, 2.75) is 31.8 Å². The fraction of sp³-hybridized carbons (Fsp3) is 0.375. The lowest BCUT2D eigenvalue weighted by Gasteiger charge is -2.35. The fourth-order valence-corrected chi connectivity index (χ4v) is 5.71.